The number of hydrogen-bond acceptors (Lipinski definition) is 3. The van der Waals surface area contributed by atoms with Gasteiger partial charge in [0.1, 0.15) is 5.15 Å². The number of para-hydroxylation sites is 1. The highest BCUT2D eigenvalue weighted by Gasteiger charge is 2.31. The fourth-order valence-electron chi connectivity index (χ4n) is 2.04. The van der Waals surface area contributed by atoms with E-state index < -0.39 is 0 Å². The lowest BCUT2D eigenvalue weighted by Gasteiger charge is -1.95. The van der Waals surface area contributed by atoms with Crippen LogP contribution in [-0.2, 0) is 16.7 Å². The number of aromatic nitrogens is 1. The summed E-state index contributed by atoms with van der Waals surface area (Å²) in [6.07, 6.45) is 3.32. The van der Waals surface area contributed by atoms with Crippen molar-refractivity contribution in [3.05, 3.63) is 35.0 Å². The van der Waals surface area contributed by atoms with Gasteiger partial charge >= 0.3 is 5.97 Å². The van der Waals surface area contributed by atoms with Crippen molar-refractivity contribution < 1.29 is 9.63 Å². The number of aryl methyl sites for hydroxylation is 1. The van der Waals surface area contributed by atoms with Gasteiger partial charge in [-0.05, 0) is 18.9 Å². The van der Waals surface area contributed by atoms with E-state index in [0.29, 0.717) is 5.15 Å². The second-order valence-corrected chi connectivity index (χ2v) is 5.06. The molecule has 1 heterocycles. The summed E-state index contributed by atoms with van der Waals surface area (Å²) in [6.45, 7) is 0. The Hall–Kier alpha value is -1.81. The third-order valence-electron chi connectivity index (χ3n) is 3.31. The van der Waals surface area contributed by atoms with Gasteiger partial charge in [0.2, 0.25) is 0 Å². The number of rotatable bonds is 3. The molecule has 1 aromatic heterocycles. The van der Waals surface area contributed by atoms with Crippen LogP contribution in [0.4, 0.5) is 0 Å². The highest BCUT2D eigenvalue weighted by molar-refractivity contribution is 6.34. The van der Waals surface area contributed by atoms with Crippen LogP contribution >= 0.6 is 11.6 Å². The highest BCUT2D eigenvalue weighted by atomic mass is 35.5. The van der Waals surface area contributed by atoms with Gasteiger partial charge in [0.15, 0.2) is 0 Å². The van der Waals surface area contributed by atoms with Gasteiger partial charge in [-0.15, -0.1) is 0 Å². The van der Waals surface area contributed by atoms with Crippen molar-refractivity contribution in [2.75, 3.05) is 0 Å². The predicted octanol–water partition coefficient (Wildman–Crippen LogP) is 3.12. The predicted molar refractivity (Wildman–Crippen MR) is 74.3 cm³/mol. The summed E-state index contributed by atoms with van der Waals surface area (Å²) in [7, 11) is 1.89. The number of carbonyl (C=O) groups excluding carboxylic acids is 1. The van der Waals surface area contributed by atoms with Crippen molar-refractivity contribution in [3.8, 4) is 0 Å². The molecule has 3 rings (SSSR count). The minimum absolute atomic E-state index is 0.0418. The molecule has 0 bridgehead atoms. The van der Waals surface area contributed by atoms with Crippen molar-refractivity contribution in [1.29, 1.82) is 0 Å². The van der Waals surface area contributed by atoms with E-state index >= 15 is 0 Å². The first kappa shape index (κ1) is 12.2. The lowest BCUT2D eigenvalue weighted by Crippen LogP contribution is -2.01. The quantitative estimate of drug-likeness (QED) is 0.491. The molecule has 0 aliphatic heterocycles. The van der Waals surface area contributed by atoms with Crippen LogP contribution in [0.25, 0.3) is 10.9 Å². The van der Waals surface area contributed by atoms with E-state index in [9.17, 15) is 4.79 Å². The largest absolute Gasteiger partial charge is 0.338 e. The van der Waals surface area contributed by atoms with E-state index in [2.05, 4.69) is 5.16 Å². The first-order valence-electron chi connectivity index (χ1n) is 6.15. The van der Waals surface area contributed by atoms with Gasteiger partial charge in [-0.25, -0.2) is 4.79 Å². The minimum atomic E-state index is -0.257. The molecule has 98 valence electrons. The molecule has 4 nitrogen and oxygen atoms in total. The maximum atomic E-state index is 11.4. The van der Waals surface area contributed by atoms with Gasteiger partial charge in [0, 0.05) is 23.5 Å². The zero-order chi connectivity index (χ0) is 13.4. The lowest BCUT2D eigenvalue weighted by molar-refractivity contribution is -0.145. The van der Waals surface area contributed by atoms with E-state index in [-0.39, 0.29) is 11.9 Å². The normalized spacial score (nSPS) is 15.3. The molecule has 0 spiro atoms. The first-order chi connectivity index (χ1) is 9.18. The second kappa shape index (κ2) is 4.70. The van der Waals surface area contributed by atoms with Gasteiger partial charge < -0.3 is 9.40 Å². The molecule has 5 heteroatoms. The Morgan fingerprint density at radius 2 is 2.21 bits per heavy atom. The van der Waals surface area contributed by atoms with Crippen LogP contribution in [0.3, 0.4) is 0 Å². The van der Waals surface area contributed by atoms with Crippen LogP contribution < -0.4 is 0 Å². The highest BCUT2D eigenvalue weighted by Crippen LogP contribution is 2.30. The van der Waals surface area contributed by atoms with E-state index in [1.54, 1.807) is 0 Å². The Morgan fingerprint density at radius 1 is 1.47 bits per heavy atom. The fourth-order valence-corrected chi connectivity index (χ4v) is 2.28. The molecular formula is C14H13ClN2O2. The number of hydrogen-bond donors (Lipinski definition) is 0. The first-order valence-corrected chi connectivity index (χ1v) is 6.53. The van der Waals surface area contributed by atoms with Crippen molar-refractivity contribution in [2.45, 2.75) is 12.8 Å². The van der Waals surface area contributed by atoms with Crippen LogP contribution in [0.2, 0.25) is 5.15 Å². The topological polar surface area (TPSA) is 43.6 Å². The Morgan fingerprint density at radius 3 is 2.95 bits per heavy atom. The van der Waals surface area contributed by atoms with Gasteiger partial charge in [-0.3, -0.25) is 0 Å². The molecular weight excluding hydrogens is 264 g/mol. The standard InChI is InChI=1S/C14H13ClN2O2/c1-17-12-5-3-2-4-10(12)11(13(17)15)8-16-19-14(18)9-6-7-9/h2-5,8-9H,6-7H2,1H3/b16-8+. The number of fused-ring (bicyclic) bond motifs is 1. The Balaban J connectivity index is 1.89. The molecule has 0 saturated heterocycles. The second-order valence-electron chi connectivity index (χ2n) is 4.70. The van der Waals surface area contributed by atoms with Crippen LogP contribution in [0.5, 0.6) is 0 Å². The molecule has 0 atom stereocenters. The summed E-state index contributed by atoms with van der Waals surface area (Å²) in [5, 5.41) is 5.32. The van der Waals surface area contributed by atoms with Gasteiger partial charge in [0.25, 0.3) is 0 Å². The Kier molecular flexibility index (Phi) is 3.03. The average molecular weight is 277 g/mol. The summed E-state index contributed by atoms with van der Waals surface area (Å²) in [5.41, 5.74) is 1.78. The summed E-state index contributed by atoms with van der Waals surface area (Å²) >= 11 is 6.26. The van der Waals surface area contributed by atoms with Crippen molar-refractivity contribution in [1.82, 2.24) is 4.57 Å². The molecule has 1 fully saturated rings. The van der Waals surface area contributed by atoms with Crippen LogP contribution in [0, 0.1) is 5.92 Å². The molecule has 2 aromatic rings. The molecule has 1 aromatic carbocycles. The van der Waals surface area contributed by atoms with E-state index in [4.69, 9.17) is 16.4 Å². The third kappa shape index (κ3) is 2.24. The number of carbonyl (C=O) groups is 1. The monoisotopic (exact) mass is 276 g/mol. The van der Waals surface area contributed by atoms with E-state index in [1.165, 1.54) is 6.21 Å². The number of benzene rings is 1. The lowest BCUT2D eigenvalue weighted by atomic mass is 10.2. The molecule has 1 aliphatic rings. The van der Waals surface area contributed by atoms with E-state index in [1.807, 2.05) is 35.9 Å². The maximum Gasteiger partial charge on any atom is 0.338 e. The molecule has 0 N–H and O–H groups in total. The molecule has 1 aliphatic carbocycles. The van der Waals surface area contributed by atoms with Crippen molar-refractivity contribution in [2.24, 2.45) is 18.1 Å². The number of halogens is 1. The minimum Gasteiger partial charge on any atom is -0.334 e. The molecule has 19 heavy (non-hydrogen) atoms. The van der Waals surface area contributed by atoms with Crippen molar-refractivity contribution in [3.63, 3.8) is 0 Å². The SMILES string of the molecule is Cn1c(Cl)c(/C=N/OC(=O)C2CC2)c2ccccc21. The summed E-state index contributed by atoms with van der Waals surface area (Å²) in [6, 6.07) is 7.83. The zero-order valence-corrected chi connectivity index (χ0v) is 11.2. The Bertz CT molecular complexity index is 671. The molecule has 0 amide bonds. The van der Waals surface area contributed by atoms with E-state index in [0.717, 1.165) is 29.3 Å². The summed E-state index contributed by atoms with van der Waals surface area (Å²) in [5.74, 6) is -0.215. The van der Waals surface area contributed by atoms with Gasteiger partial charge in [0.05, 0.1) is 12.1 Å². The summed E-state index contributed by atoms with van der Waals surface area (Å²) in [4.78, 5) is 16.2. The van der Waals surface area contributed by atoms with Crippen LogP contribution in [0.15, 0.2) is 29.4 Å². The Labute approximate surface area is 115 Å². The fraction of sp³-hybridized carbons (Fsp3) is 0.286. The molecule has 1 saturated carbocycles. The van der Waals surface area contributed by atoms with Gasteiger partial charge in [-0.1, -0.05) is 35.0 Å². The van der Waals surface area contributed by atoms with Crippen LogP contribution in [-0.4, -0.2) is 16.8 Å². The van der Waals surface area contributed by atoms with Gasteiger partial charge in [-0.2, -0.15) is 0 Å². The third-order valence-corrected chi connectivity index (χ3v) is 3.76. The average Bonchev–Trinajstić information content (AvgIpc) is 3.23. The smallest absolute Gasteiger partial charge is 0.334 e. The summed E-state index contributed by atoms with van der Waals surface area (Å²) < 4.78 is 1.88. The number of nitrogens with zero attached hydrogens (tertiary/aromatic N) is 2. The number of oxime groups is 1. The van der Waals surface area contributed by atoms with Crippen molar-refractivity contribution >= 4 is 34.7 Å². The zero-order valence-electron chi connectivity index (χ0n) is 10.5. The maximum absolute atomic E-state index is 11.4. The van der Waals surface area contributed by atoms with Crippen LogP contribution in [0.1, 0.15) is 18.4 Å². The molecule has 0 unspecified atom stereocenters. The molecule has 0 radical (unpaired) electrons.